The number of nitrogens with zero attached hydrogens (tertiary/aromatic N) is 2. The first-order chi connectivity index (χ1) is 11.6. The topological polar surface area (TPSA) is 88.6 Å². The number of hydrogen-bond acceptors (Lipinski definition) is 5. The van der Waals surface area contributed by atoms with Crippen molar-refractivity contribution < 1.29 is 19.1 Å². The molecule has 0 radical (unpaired) electrons. The summed E-state index contributed by atoms with van der Waals surface area (Å²) in [5, 5.41) is 3.38. The Hall–Kier alpha value is -3.22. The summed E-state index contributed by atoms with van der Waals surface area (Å²) in [5.41, 5.74) is 1.60. The standard InChI is InChI=1S/C17H15N3O4/c21-14-11-19-17(23)20(14)9-10-24-15(22)7-6-13-4-1-3-12-5-2-8-18-16(12)13/h1-8H,9-11H2,(H,19,23)/b7-6+. The second-order valence-electron chi connectivity index (χ2n) is 5.13. The summed E-state index contributed by atoms with van der Waals surface area (Å²) < 4.78 is 5.01. The van der Waals surface area contributed by atoms with E-state index in [1.54, 1.807) is 12.3 Å². The van der Waals surface area contributed by atoms with Gasteiger partial charge in [0, 0.05) is 23.2 Å². The molecule has 0 bridgehead atoms. The molecular formula is C17H15N3O4. The van der Waals surface area contributed by atoms with Crippen molar-refractivity contribution in [1.82, 2.24) is 15.2 Å². The summed E-state index contributed by atoms with van der Waals surface area (Å²) in [6, 6.07) is 9.00. The number of pyridine rings is 1. The summed E-state index contributed by atoms with van der Waals surface area (Å²) in [7, 11) is 0. The number of ether oxygens (including phenoxy) is 1. The van der Waals surface area contributed by atoms with Crippen LogP contribution in [0.1, 0.15) is 5.56 Å². The number of carbonyl (C=O) groups is 3. The molecule has 1 aromatic carbocycles. The zero-order valence-electron chi connectivity index (χ0n) is 12.8. The van der Waals surface area contributed by atoms with Crippen molar-refractivity contribution in [3.63, 3.8) is 0 Å². The lowest BCUT2D eigenvalue weighted by atomic mass is 10.1. The number of para-hydroxylation sites is 1. The predicted octanol–water partition coefficient (Wildman–Crippen LogP) is 1.34. The van der Waals surface area contributed by atoms with Gasteiger partial charge in [-0.3, -0.25) is 14.7 Å². The summed E-state index contributed by atoms with van der Waals surface area (Å²) in [6.45, 7) is -0.0169. The molecule has 0 aliphatic carbocycles. The van der Waals surface area contributed by atoms with Crippen molar-refractivity contribution in [2.75, 3.05) is 19.7 Å². The maximum absolute atomic E-state index is 11.8. The van der Waals surface area contributed by atoms with E-state index in [-0.39, 0.29) is 25.6 Å². The third kappa shape index (κ3) is 3.40. The van der Waals surface area contributed by atoms with E-state index in [2.05, 4.69) is 10.3 Å². The lowest BCUT2D eigenvalue weighted by Gasteiger charge is -2.11. The summed E-state index contributed by atoms with van der Waals surface area (Å²) in [4.78, 5) is 39.8. The van der Waals surface area contributed by atoms with Crippen molar-refractivity contribution in [3.05, 3.63) is 48.2 Å². The summed E-state index contributed by atoms with van der Waals surface area (Å²) in [5.74, 6) is -0.872. The number of amides is 3. The van der Waals surface area contributed by atoms with Crippen LogP contribution in [-0.4, -0.2) is 47.5 Å². The van der Waals surface area contributed by atoms with Crippen LogP contribution in [0.25, 0.3) is 17.0 Å². The average molecular weight is 325 g/mol. The van der Waals surface area contributed by atoms with Crippen molar-refractivity contribution >= 4 is 34.9 Å². The van der Waals surface area contributed by atoms with Crippen LogP contribution >= 0.6 is 0 Å². The van der Waals surface area contributed by atoms with Gasteiger partial charge < -0.3 is 10.1 Å². The number of urea groups is 1. The molecule has 1 fully saturated rings. The van der Waals surface area contributed by atoms with Crippen LogP contribution in [0.15, 0.2) is 42.6 Å². The number of hydrogen-bond donors (Lipinski definition) is 1. The molecule has 2 heterocycles. The fourth-order valence-corrected chi connectivity index (χ4v) is 2.39. The Balaban J connectivity index is 1.57. The average Bonchev–Trinajstić information content (AvgIpc) is 2.92. The van der Waals surface area contributed by atoms with Crippen molar-refractivity contribution in [1.29, 1.82) is 0 Å². The van der Waals surface area contributed by atoms with Gasteiger partial charge in [-0.15, -0.1) is 0 Å². The molecule has 0 saturated carbocycles. The Kier molecular flexibility index (Phi) is 4.51. The minimum absolute atomic E-state index is 0.0131. The number of carbonyl (C=O) groups excluding carboxylic acids is 3. The number of esters is 1. The molecule has 1 aliphatic rings. The van der Waals surface area contributed by atoms with Crippen LogP contribution in [0.5, 0.6) is 0 Å². The van der Waals surface area contributed by atoms with Gasteiger partial charge in [-0.2, -0.15) is 0 Å². The van der Waals surface area contributed by atoms with Crippen LogP contribution in [0.4, 0.5) is 4.79 Å². The maximum Gasteiger partial charge on any atom is 0.330 e. The Labute approximate surface area is 137 Å². The largest absolute Gasteiger partial charge is 0.461 e. The third-order valence-electron chi connectivity index (χ3n) is 3.56. The van der Waals surface area contributed by atoms with E-state index in [0.29, 0.717) is 0 Å². The molecule has 0 spiro atoms. The molecule has 3 rings (SSSR count). The number of imide groups is 1. The molecule has 3 amide bonds. The first kappa shape index (κ1) is 15.7. The molecule has 122 valence electrons. The first-order valence-corrected chi connectivity index (χ1v) is 7.42. The SMILES string of the molecule is O=C(/C=C/c1cccc2cccnc12)OCCN1C(=O)CNC1=O. The van der Waals surface area contributed by atoms with Crippen LogP contribution in [0.3, 0.4) is 0 Å². The van der Waals surface area contributed by atoms with Gasteiger partial charge in [-0.25, -0.2) is 9.59 Å². The van der Waals surface area contributed by atoms with Gasteiger partial charge in [0.05, 0.1) is 18.6 Å². The minimum Gasteiger partial charge on any atom is -0.461 e. The highest BCUT2D eigenvalue weighted by Gasteiger charge is 2.27. The molecule has 2 aromatic rings. The van der Waals surface area contributed by atoms with Crippen LogP contribution < -0.4 is 5.32 Å². The fraction of sp³-hybridized carbons (Fsp3) is 0.176. The van der Waals surface area contributed by atoms with Gasteiger partial charge in [-0.1, -0.05) is 24.3 Å². The van der Waals surface area contributed by atoms with Crippen molar-refractivity contribution in [2.45, 2.75) is 0 Å². The van der Waals surface area contributed by atoms with Crippen molar-refractivity contribution in [2.24, 2.45) is 0 Å². The lowest BCUT2D eigenvalue weighted by Crippen LogP contribution is -2.34. The molecule has 1 aromatic heterocycles. The second-order valence-corrected chi connectivity index (χ2v) is 5.13. The smallest absolute Gasteiger partial charge is 0.330 e. The number of benzene rings is 1. The zero-order valence-corrected chi connectivity index (χ0v) is 12.8. The highest BCUT2D eigenvalue weighted by Crippen LogP contribution is 2.17. The van der Waals surface area contributed by atoms with E-state index in [9.17, 15) is 14.4 Å². The second kappa shape index (κ2) is 6.91. The van der Waals surface area contributed by atoms with Crippen LogP contribution in [0.2, 0.25) is 0 Å². The molecule has 1 N–H and O–H groups in total. The van der Waals surface area contributed by atoms with E-state index in [1.165, 1.54) is 6.08 Å². The van der Waals surface area contributed by atoms with Gasteiger partial charge in [0.25, 0.3) is 0 Å². The first-order valence-electron chi connectivity index (χ1n) is 7.42. The van der Waals surface area contributed by atoms with Gasteiger partial charge >= 0.3 is 12.0 Å². The summed E-state index contributed by atoms with van der Waals surface area (Å²) in [6.07, 6.45) is 4.62. The molecule has 0 unspecified atom stereocenters. The third-order valence-corrected chi connectivity index (χ3v) is 3.56. The van der Waals surface area contributed by atoms with Crippen molar-refractivity contribution in [3.8, 4) is 0 Å². The Morgan fingerprint density at radius 3 is 2.92 bits per heavy atom. The number of nitrogens with one attached hydrogen (secondary N) is 1. The molecule has 7 nitrogen and oxygen atoms in total. The van der Waals surface area contributed by atoms with E-state index in [4.69, 9.17) is 4.74 Å². The highest BCUT2D eigenvalue weighted by atomic mass is 16.5. The van der Waals surface area contributed by atoms with E-state index in [1.807, 2.05) is 30.3 Å². The number of rotatable bonds is 5. The molecular weight excluding hydrogens is 310 g/mol. The van der Waals surface area contributed by atoms with Gasteiger partial charge in [0.2, 0.25) is 5.91 Å². The lowest BCUT2D eigenvalue weighted by molar-refractivity contribution is -0.139. The normalized spacial score (nSPS) is 14.4. The zero-order chi connectivity index (χ0) is 16.9. The molecule has 7 heteroatoms. The monoisotopic (exact) mass is 325 g/mol. The van der Waals surface area contributed by atoms with Crippen LogP contribution in [-0.2, 0) is 14.3 Å². The number of aromatic nitrogens is 1. The van der Waals surface area contributed by atoms with E-state index in [0.717, 1.165) is 21.4 Å². The maximum atomic E-state index is 11.8. The quantitative estimate of drug-likeness (QED) is 0.509. The fourth-order valence-electron chi connectivity index (χ4n) is 2.39. The highest BCUT2D eigenvalue weighted by molar-refractivity contribution is 6.02. The minimum atomic E-state index is -0.546. The molecule has 1 saturated heterocycles. The molecule has 24 heavy (non-hydrogen) atoms. The predicted molar refractivity (Wildman–Crippen MR) is 86.8 cm³/mol. The van der Waals surface area contributed by atoms with Gasteiger partial charge in [0.1, 0.15) is 6.61 Å². The van der Waals surface area contributed by atoms with E-state index >= 15 is 0 Å². The Morgan fingerprint density at radius 1 is 1.29 bits per heavy atom. The molecule has 0 atom stereocenters. The van der Waals surface area contributed by atoms with Gasteiger partial charge in [0.15, 0.2) is 0 Å². The Morgan fingerprint density at radius 2 is 2.12 bits per heavy atom. The van der Waals surface area contributed by atoms with Gasteiger partial charge in [-0.05, 0) is 12.1 Å². The molecule has 1 aliphatic heterocycles. The summed E-state index contributed by atoms with van der Waals surface area (Å²) >= 11 is 0. The van der Waals surface area contributed by atoms with E-state index < -0.39 is 12.0 Å². The van der Waals surface area contributed by atoms with Crippen LogP contribution in [0, 0.1) is 0 Å². The Bertz CT molecular complexity index is 810. The number of fused-ring (bicyclic) bond motifs is 1.